The molecule has 0 bridgehead atoms. The van der Waals surface area contributed by atoms with Crippen LogP contribution in [-0.4, -0.2) is 32.2 Å². The number of aromatic nitrogens is 1. The van der Waals surface area contributed by atoms with Gasteiger partial charge in [0.1, 0.15) is 6.54 Å². The van der Waals surface area contributed by atoms with E-state index in [4.69, 9.17) is 0 Å². The van der Waals surface area contributed by atoms with E-state index in [2.05, 4.69) is 70.2 Å². The third-order valence-corrected chi connectivity index (χ3v) is 7.73. The van der Waals surface area contributed by atoms with Crippen molar-refractivity contribution in [1.82, 2.24) is 0 Å². The molecule has 232 valence electrons. The van der Waals surface area contributed by atoms with Gasteiger partial charge in [0, 0.05) is 18.6 Å². The number of hydrogen-bond acceptors (Lipinski definition) is 0. The average Bonchev–Trinajstić information content (AvgIpc) is 2.90. The largest absolute Gasteiger partial charge is 0.331 e. The SMILES string of the molecule is CCCCCCCCCCCCCCCC[n+]1ccccc1.CCCCCCCCCCCC[N+](C)(C)C.Cl. The van der Waals surface area contributed by atoms with Crippen LogP contribution in [0.2, 0.25) is 0 Å². The van der Waals surface area contributed by atoms with E-state index in [1.165, 1.54) is 167 Å². The highest BCUT2D eigenvalue weighted by Crippen LogP contribution is 2.13. The van der Waals surface area contributed by atoms with Crippen molar-refractivity contribution in [1.29, 1.82) is 0 Å². The van der Waals surface area contributed by atoms with Gasteiger partial charge in [-0.25, -0.2) is 4.57 Å². The third kappa shape index (κ3) is 35.4. The summed E-state index contributed by atoms with van der Waals surface area (Å²) in [5, 5.41) is 0. The Balaban J connectivity index is 0. The molecule has 0 N–H and O–H groups in total. The van der Waals surface area contributed by atoms with E-state index in [-0.39, 0.29) is 12.4 Å². The summed E-state index contributed by atoms with van der Waals surface area (Å²) >= 11 is 0. The van der Waals surface area contributed by atoms with E-state index in [0.717, 1.165) is 4.48 Å². The van der Waals surface area contributed by atoms with Gasteiger partial charge in [-0.1, -0.05) is 148 Å². The normalized spacial score (nSPS) is 11.1. The first kappa shape index (κ1) is 40.5. The first-order valence-electron chi connectivity index (χ1n) is 17.2. The van der Waals surface area contributed by atoms with Crippen LogP contribution in [-0.2, 0) is 6.54 Å². The molecule has 0 fully saturated rings. The molecule has 0 saturated heterocycles. The molecule has 0 radical (unpaired) electrons. The summed E-state index contributed by atoms with van der Waals surface area (Å²) in [4.78, 5) is 0. The van der Waals surface area contributed by atoms with Gasteiger partial charge < -0.3 is 4.48 Å². The monoisotopic (exact) mass is 569 g/mol. The van der Waals surface area contributed by atoms with Gasteiger partial charge in [-0.3, -0.25) is 0 Å². The molecule has 0 unspecified atom stereocenters. The van der Waals surface area contributed by atoms with Gasteiger partial charge in [-0.2, -0.15) is 0 Å². The molecule has 2 nitrogen and oxygen atoms in total. The number of quaternary nitrogens is 1. The number of nitrogens with zero attached hydrogens (tertiary/aromatic N) is 2. The number of pyridine rings is 1. The van der Waals surface area contributed by atoms with Crippen LogP contribution in [0.5, 0.6) is 0 Å². The molecule has 0 amide bonds. The fourth-order valence-corrected chi connectivity index (χ4v) is 5.15. The molecule has 0 aliphatic carbocycles. The zero-order valence-corrected chi connectivity index (χ0v) is 28.4. The van der Waals surface area contributed by atoms with Crippen LogP contribution in [0.25, 0.3) is 0 Å². The fourth-order valence-electron chi connectivity index (χ4n) is 5.15. The van der Waals surface area contributed by atoms with Crippen LogP contribution in [0.1, 0.15) is 168 Å². The quantitative estimate of drug-likeness (QED) is 0.0594. The first-order valence-corrected chi connectivity index (χ1v) is 17.2. The van der Waals surface area contributed by atoms with Crippen LogP contribution < -0.4 is 4.57 Å². The molecule has 0 spiro atoms. The Morgan fingerprint density at radius 1 is 0.410 bits per heavy atom. The highest BCUT2D eigenvalue weighted by molar-refractivity contribution is 5.85. The predicted octanol–water partition coefficient (Wildman–Crippen LogP) is 11.5. The maximum absolute atomic E-state index is 2.29. The molecule has 0 saturated carbocycles. The van der Waals surface area contributed by atoms with Crippen molar-refractivity contribution >= 4 is 12.4 Å². The Morgan fingerprint density at radius 2 is 0.718 bits per heavy atom. The number of hydrogen-bond donors (Lipinski definition) is 0. The maximum atomic E-state index is 2.29. The second kappa shape index (κ2) is 31.9. The van der Waals surface area contributed by atoms with Crippen molar-refractivity contribution in [3.05, 3.63) is 30.6 Å². The maximum Gasteiger partial charge on any atom is 0.168 e. The molecule has 3 heteroatoms. The minimum atomic E-state index is 0. The van der Waals surface area contributed by atoms with Gasteiger partial charge in [-0.05, 0) is 19.3 Å². The molecular formula is C36H73ClN2+2. The zero-order valence-electron chi connectivity index (χ0n) is 27.6. The lowest BCUT2D eigenvalue weighted by atomic mass is 10.0. The van der Waals surface area contributed by atoms with Gasteiger partial charge >= 0.3 is 0 Å². The molecule has 0 aliphatic heterocycles. The molecule has 1 heterocycles. The van der Waals surface area contributed by atoms with E-state index >= 15 is 0 Å². The Labute approximate surface area is 253 Å². The van der Waals surface area contributed by atoms with Gasteiger partial charge in [0.05, 0.1) is 27.7 Å². The second-order valence-electron chi connectivity index (χ2n) is 12.9. The Kier molecular flexibility index (Phi) is 33.2. The van der Waals surface area contributed by atoms with Crippen molar-refractivity contribution in [3.63, 3.8) is 0 Å². The number of unbranched alkanes of at least 4 members (excludes halogenated alkanes) is 22. The Bertz CT molecular complexity index is 555. The lowest BCUT2D eigenvalue weighted by Gasteiger charge is -2.23. The van der Waals surface area contributed by atoms with Gasteiger partial charge in [0.2, 0.25) is 0 Å². The minimum Gasteiger partial charge on any atom is -0.331 e. The number of halogens is 1. The minimum absolute atomic E-state index is 0. The molecule has 1 aromatic heterocycles. The van der Waals surface area contributed by atoms with E-state index in [0.29, 0.717) is 0 Å². The van der Waals surface area contributed by atoms with Gasteiger partial charge in [0.25, 0.3) is 0 Å². The van der Waals surface area contributed by atoms with Crippen LogP contribution in [0.15, 0.2) is 30.6 Å². The standard InChI is InChI=1S/C21H38N.C15H34N.ClH/c1-2-3-4-5-6-7-8-9-10-11-12-13-14-16-19-22-20-17-15-18-21-22;1-5-6-7-8-9-10-11-12-13-14-15-16(2,3)4;/h15,17-18,20-21H,2-14,16,19H2,1H3;5-15H2,1-4H3;1H/q2*+1;. The van der Waals surface area contributed by atoms with Crippen LogP contribution >= 0.6 is 12.4 Å². The van der Waals surface area contributed by atoms with E-state index in [1.54, 1.807) is 0 Å². The summed E-state index contributed by atoms with van der Waals surface area (Å²) in [6, 6.07) is 6.31. The molecule has 0 atom stereocenters. The van der Waals surface area contributed by atoms with Crippen molar-refractivity contribution in [2.75, 3.05) is 27.7 Å². The lowest BCUT2D eigenvalue weighted by molar-refractivity contribution is -0.870. The summed E-state index contributed by atoms with van der Waals surface area (Å²) < 4.78 is 3.41. The number of rotatable bonds is 26. The number of aryl methyl sites for hydroxylation is 1. The third-order valence-electron chi connectivity index (χ3n) is 7.73. The van der Waals surface area contributed by atoms with E-state index in [1.807, 2.05) is 0 Å². The van der Waals surface area contributed by atoms with E-state index in [9.17, 15) is 0 Å². The van der Waals surface area contributed by atoms with Crippen LogP contribution in [0.4, 0.5) is 0 Å². The molecular weight excluding hydrogens is 496 g/mol. The van der Waals surface area contributed by atoms with Gasteiger partial charge in [0.15, 0.2) is 12.4 Å². The Morgan fingerprint density at radius 3 is 1.05 bits per heavy atom. The summed E-state index contributed by atoms with van der Waals surface area (Å²) in [7, 11) is 6.86. The molecule has 1 aromatic rings. The van der Waals surface area contributed by atoms with Crippen molar-refractivity contribution in [2.24, 2.45) is 0 Å². The summed E-state index contributed by atoms with van der Waals surface area (Å²) in [6.07, 6.45) is 38.8. The topological polar surface area (TPSA) is 3.88 Å². The average molecular weight is 569 g/mol. The molecule has 0 aromatic carbocycles. The molecule has 0 aliphatic rings. The van der Waals surface area contributed by atoms with Crippen molar-refractivity contribution in [2.45, 2.75) is 174 Å². The summed E-state index contributed by atoms with van der Waals surface area (Å²) in [6.45, 7) is 7.09. The summed E-state index contributed by atoms with van der Waals surface area (Å²) in [5.41, 5.74) is 0. The summed E-state index contributed by atoms with van der Waals surface area (Å²) in [5.74, 6) is 0. The van der Waals surface area contributed by atoms with Crippen molar-refractivity contribution < 1.29 is 9.05 Å². The highest BCUT2D eigenvalue weighted by Gasteiger charge is 2.05. The molecule has 39 heavy (non-hydrogen) atoms. The van der Waals surface area contributed by atoms with Crippen LogP contribution in [0, 0.1) is 0 Å². The highest BCUT2D eigenvalue weighted by atomic mass is 35.5. The predicted molar refractivity (Wildman–Crippen MR) is 179 cm³/mol. The first-order chi connectivity index (χ1) is 18.5. The van der Waals surface area contributed by atoms with Crippen molar-refractivity contribution in [3.8, 4) is 0 Å². The fraction of sp³-hybridized carbons (Fsp3) is 0.861. The van der Waals surface area contributed by atoms with E-state index < -0.39 is 0 Å². The lowest BCUT2D eigenvalue weighted by Crippen LogP contribution is -2.35. The zero-order chi connectivity index (χ0) is 28.0. The smallest absolute Gasteiger partial charge is 0.168 e. The second-order valence-corrected chi connectivity index (χ2v) is 12.9. The Hall–Kier alpha value is -0.600. The van der Waals surface area contributed by atoms with Gasteiger partial charge in [-0.15, -0.1) is 12.4 Å². The van der Waals surface area contributed by atoms with Crippen LogP contribution in [0.3, 0.4) is 0 Å². The molecule has 1 rings (SSSR count).